The first-order chi connectivity index (χ1) is 14.3. The Kier molecular flexibility index (Phi) is 6.97. The van der Waals surface area contributed by atoms with E-state index < -0.39 is 12.1 Å². The Morgan fingerprint density at radius 2 is 1.93 bits per heavy atom. The molecule has 1 saturated heterocycles. The average Bonchev–Trinajstić information content (AvgIpc) is 3.02. The standard InChI is InChI=1S/C22H28N2O5S/c1-4-30-8-7-17-22(28)24(12-16-9-13(2)14(3)29-16)18(21(27)23-17)10-15-5-6-19(25)20(26)11-15/h5-6,9,11,17-18,25-26H,4,7-8,10,12H2,1-3H3,(H,23,27). The predicted octanol–water partition coefficient (Wildman–Crippen LogP) is 2.89. The Bertz CT molecular complexity index is 907. The molecule has 1 aromatic heterocycles. The number of amides is 2. The van der Waals surface area contributed by atoms with E-state index in [0.29, 0.717) is 17.7 Å². The number of phenolic OH excluding ortho intramolecular Hbond substituents is 2. The number of hydrogen-bond acceptors (Lipinski definition) is 6. The minimum absolute atomic E-state index is 0.133. The molecule has 8 heteroatoms. The van der Waals surface area contributed by atoms with Crippen molar-refractivity contribution in [1.29, 1.82) is 0 Å². The van der Waals surface area contributed by atoms with Crippen LogP contribution >= 0.6 is 11.8 Å². The van der Waals surface area contributed by atoms with Crippen LogP contribution in [0.5, 0.6) is 11.5 Å². The normalized spacial score (nSPS) is 19.2. The van der Waals surface area contributed by atoms with E-state index in [0.717, 1.165) is 22.8 Å². The van der Waals surface area contributed by atoms with Gasteiger partial charge in [-0.15, -0.1) is 0 Å². The van der Waals surface area contributed by atoms with Crippen molar-refractivity contribution < 1.29 is 24.2 Å². The number of benzene rings is 1. The van der Waals surface area contributed by atoms with Crippen molar-refractivity contribution in [3.63, 3.8) is 0 Å². The van der Waals surface area contributed by atoms with Gasteiger partial charge in [0.1, 0.15) is 23.6 Å². The number of thioether (sulfide) groups is 1. The summed E-state index contributed by atoms with van der Waals surface area (Å²) in [6, 6.07) is 5.02. The summed E-state index contributed by atoms with van der Waals surface area (Å²) in [7, 11) is 0. The summed E-state index contributed by atoms with van der Waals surface area (Å²) in [5, 5.41) is 22.2. The Balaban J connectivity index is 1.86. The van der Waals surface area contributed by atoms with Gasteiger partial charge in [0.25, 0.3) is 0 Å². The minimum atomic E-state index is -0.734. The topological polar surface area (TPSA) is 103 Å². The van der Waals surface area contributed by atoms with Gasteiger partial charge in [0.05, 0.1) is 6.54 Å². The predicted molar refractivity (Wildman–Crippen MR) is 116 cm³/mol. The van der Waals surface area contributed by atoms with E-state index in [1.54, 1.807) is 22.7 Å². The van der Waals surface area contributed by atoms with Crippen LogP contribution in [-0.2, 0) is 22.6 Å². The number of aromatic hydroxyl groups is 2. The zero-order valence-corrected chi connectivity index (χ0v) is 18.3. The molecule has 0 radical (unpaired) electrons. The summed E-state index contributed by atoms with van der Waals surface area (Å²) >= 11 is 1.73. The molecule has 1 aliphatic rings. The molecule has 30 heavy (non-hydrogen) atoms. The van der Waals surface area contributed by atoms with Crippen LogP contribution in [0.2, 0.25) is 0 Å². The fraction of sp³-hybridized carbons (Fsp3) is 0.455. The molecule has 1 aromatic carbocycles. The second-order valence-electron chi connectivity index (χ2n) is 7.51. The molecule has 2 aromatic rings. The Morgan fingerprint density at radius 3 is 2.57 bits per heavy atom. The molecule has 2 atom stereocenters. The van der Waals surface area contributed by atoms with Gasteiger partial charge in [0.2, 0.25) is 11.8 Å². The highest BCUT2D eigenvalue weighted by Crippen LogP contribution is 2.28. The molecule has 3 N–H and O–H groups in total. The quantitative estimate of drug-likeness (QED) is 0.438. The third-order valence-corrected chi connectivity index (χ3v) is 6.28. The van der Waals surface area contributed by atoms with Gasteiger partial charge in [0, 0.05) is 6.42 Å². The third kappa shape index (κ3) is 4.92. The molecule has 1 fully saturated rings. The van der Waals surface area contributed by atoms with Crippen molar-refractivity contribution in [3.05, 3.63) is 46.9 Å². The number of carbonyl (C=O) groups is 2. The lowest BCUT2D eigenvalue weighted by molar-refractivity contribution is -0.150. The third-order valence-electron chi connectivity index (χ3n) is 5.34. The number of hydrogen-bond donors (Lipinski definition) is 3. The highest BCUT2D eigenvalue weighted by atomic mass is 32.2. The first kappa shape index (κ1) is 22.1. The van der Waals surface area contributed by atoms with Gasteiger partial charge in [-0.25, -0.2) is 0 Å². The van der Waals surface area contributed by atoms with E-state index in [9.17, 15) is 19.8 Å². The molecule has 3 rings (SSSR count). The number of phenols is 2. The molecule has 0 spiro atoms. The summed E-state index contributed by atoms with van der Waals surface area (Å²) in [5.41, 5.74) is 1.64. The Morgan fingerprint density at radius 1 is 1.17 bits per heavy atom. The second-order valence-corrected chi connectivity index (χ2v) is 8.90. The van der Waals surface area contributed by atoms with Crippen LogP contribution in [0, 0.1) is 13.8 Å². The maximum atomic E-state index is 13.3. The van der Waals surface area contributed by atoms with Crippen LogP contribution < -0.4 is 5.32 Å². The molecule has 2 amide bonds. The van der Waals surface area contributed by atoms with E-state index in [1.165, 1.54) is 12.1 Å². The molecule has 2 heterocycles. The molecule has 0 saturated carbocycles. The van der Waals surface area contributed by atoms with Gasteiger partial charge in [-0.3, -0.25) is 9.59 Å². The van der Waals surface area contributed by atoms with Gasteiger partial charge in [0.15, 0.2) is 11.5 Å². The van der Waals surface area contributed by atoms with Crippen molar-refractivity contribution in [2.24, 2.45) is 0 Å². The van der Waals surface area contributed by atoms with Crippen molar-refractivity contribution in [2.75, 3.05) is 11.5 Å². The first-order valence-electron chi connectivity index (χ1n) is 10.1. The fourth-order valence-corrected chi connectivity index (χ4v) is 4.26. The van der Waals surface area contributed by atoms with Gasteiger partial charge in [-0.05, 0) is 61.1 Å². The summed E-state index contributed by atoms with van der Waals surface area (Å²) < 4.78 is 5.77. The Labute approximate surface area is 180 Å². The smallest absolute Gasteiger partial charge is 0.246 e. The number of aryl methyl sites for hydroxylation is 2. The van der Waals surface area contributed by atoms with E-state index in [2.05, 4.69) is 12.2 Å². The second kappa shape index (κ2) is 9.47. The van der Waals surface area contributed by atoms with Crippen LogP contribution in [0.4, 0.5) is 0 Å². The van der Waals surface area contributed by atoms with Gasteiger partial charge in [-0.1, -0.05) is 13.0 Å². The SMILES string of the molecule is CCSCCC1NC(=O)C(Cc2ccc(O)c(O)c2)N(Cc2cc(C)c(C)o2)C1=O. The van der Waals surface area contributed by atoms with Gasteiger partial charge in [-0.2, -0.15) is 11.8 Å². The van der Waals surface area contributed by atoms with Crippen LogP contribution in [-0.4, -0.2) is 50.5 Å². The molecule has 0 bridgehead atoms. The lowest BCUT2D eigenvalue weighted by Crippen LogP contribution is -2.63. The van der Waals surface area contributed by atoms with Gasteiger partial charge < -0.3 is 24.8 Å². The summed E-state index contributed by atoms with van der Waals surface area (Å²) in [6.45, 7) is 6.07. The first-order valence-corrected chi connectivity index (χ1v) is 11.2. The van der Waals surface area contributed by atoms with Crippen molar-refractivity contribution >= 4 is 23.6 Å². The van der Waals surface area contributed by atoms with Crippen LogP contribution in [0.1, 0.15) is 36.0 Å². The summed E-state index contributed by atoms with van der Waals surface area (Å²) in [5.74, 6) is 2.32. The highest BCUT2D eigenvalue weighted by Gasteiger charge is 2.40. The van der Waals surface area contributed by atoms with Gasteiger partial charge >= 0.3 is 0 Å². The molecule has 162 valence electrons. The molecule has 7 nitrogen and oxygen atoms in total. The van der Waals surface area contributed by atoms with Crippen molar-refractivity contribution in [1.82, 2.24) is 10.2 Å². The number of rotatable bonds is 8. The fourth-order valence-electron chi connectivity index (χ4n) is 3.57. The minimum Gasteiger partial charge on any atom is -0.504 e. The van der Waals surface area contributed by atoms with Crippen molar-refractivity contribution in [3.8, 4) is 11.5 Å². The van der Waals surface area contributed by atoms with E-state index in [4.69, 9.17) is 4.42 Å². The number of nitrogens with zero attached hydrogens (tertiary/aromatic N) is 1. The van der Waals surface area contributed by atoms with E-state index in [-0.39, 0.29) is 36.3 Å². The van der Waals surface area contributed by atoms with Crippen molar-refractivity contribution in [2.45, 2.75) is 52.2 Å². The summed E-state index contributed by atoms with van der Waals surface area (Å²) in [6.07, 6.45) is 0.795. The average molecular weight is 433 g/mol. The molecule has 2 unspecified atom stereocenters. The number of nitrogens with one attached hydrogen (secondary N) is 1. The Hall–Kier alpha value is -2.61. The monoisotopic (exact) mass is 432 g/mol. The highest BCUT2D eigenvalue weighted by molar-refractivity contribution is 7.99. The largest absolute Gasteiger partial charge is 0.504 e. The van der Waals surface area contributed by atoms with Crippen LogP contribution in [0.15, 0.2) is 28.7 Å². The molecule has 0 aliphatic carbocycles. The van der Waals surface area contributed by atoms with Crippen LogP contribution in [0.25, 0.3) is 0 Å². The molecule has 1 aliphatic heterocycles. The lowest BCUT2D eigenvalue weighted by atomic mass is 9.98. The van der Waals surface area contributed by atoms with E-state index >= 15 is 0 Å². The maximum Gasteiger partial charge on any atom is 0.246 e. The van der Waals surface area contributed by atoms with Crippen LogP contribution in [0.3, 0.4) is 0 Å². The van der Waals surface area contributed by atoms with E-state index in [1.807, 2.05) is 19.9 Å². The maximum absolute atomic E-state index is 13.3. The molecular weight excluding hydrogens is 404 g/mol. The zero-order chi connectivity index (χ0) is 21.8. The number of piperazine rings is 1. The summed E-state index contributed by atoms with van der Waals surface area (Å²) in [4.78, 5) is 27.8. The number of furan rings is 1. The lowest BCUT2D eigenvalue weighted by Gasteiger charge is -2.38. The zero-order valence-electron chi connectivity index (χ0n) is 17.5. The number of carbonyl (C=O) groups excluding carboxylic acids is 2. The molecular formula is C22H28N2O5S.